The van der Waals surface area contributed by atoms with Gasteiger partial charge in [-0.25, -0.2) is 4.98 Å². The molecule has 20 heavy (non-hydrogen) atoms. The van der Waals surface area contributed by atoms with Crippen LogP contribution in [0.3, 0.4) is 0 Å². The van der Waals surface area contributed by atoms with Crippen LogP contribution in [-0.2, 0) is 0 Å². The van der Waals surface area contributed by atoms with Gasteiger partial charge in [-0.2, -0.15) is 0 Å². The number of carbonyl (C=O) groups excluding carboxylic acids is 1. The Bertz CT molecular complexity index is 744. The number of hydrogen-bond acceptors (Lipinski definition) is 2. The van der Waals surface area contributed by atoms with Gasteiger partial charge in [0.25, 0.3) is 0 Å². The predicted octanol–water partition coefficient (Wildman–Crippen LogP) is 3.41. The lowest BCUT2D eigenvalue weighted by atomic mass is 10.0. The SMILES string of the molecule is Cc1cncn1-c1ccccc1C(=O)c1ccccc1. The van der Waals surface area contributed by atoms with Crippen molar-refractivity contribution in [3.05, 3.63) is 83.9 Å². The molecule has 3 rings (SSSR count). The first-order chi connectivity index (χ1) is 9.77. The van der Waals surface area contributed by atoms with Gasteiger partial charge in [0.05, 0.1) is 12.0 Å². The molecule has 0 saturated carbocycles. The largest absolute Gasteiger partial charge is 0.303 e. The molecule has 1 heterocycles. The third-order valence-electron chi connectivity index (χ3n) is 3.27. The average Bonchev–Trinajstić information content (AvgIpc) is 2.93. The van der Waals surface area contributed by atoms with Crippen molar-refractivity contribution in [1.82, 2.24) is 9.55 Å². The Morgan fingerprint density at radius 3 is 2.40 bits per heavy atom. The smallest absolute Gasteiger partial charge is 0.195 e. The molecule has 0 N–H and O–H groups in total. The molecule has 98 valence electrons. The van der Waals surface area contributed by atoms with Crippen molar-refractivity contribution < 1.29 is 4.79 Å². The zero-order valence-corrected chi connectivity index (χ0v) is 11.2. The van der Waals surface area contributed by atoms with Gasteiger partial charge in [0.15, 0.2) is 5.78 Å². The minimum absolute atomic E-state index is 0.0225. The van der Waals surface area contributed by atoms with Crippen LogP contribution < -0.4 is 0 Å². The number of nitrogens with zero attached hydrogens (tertiary/aromatic N) is 2. The zero-order chi connectivity index (χ0) is 13.9. The van der Waals surface area contributed by atoms with Crippen molar-refractivity contribution in [1.29, 1.82) is 0 Å². The molecule has 0 aliphatic rings. The second-order valence-corrected chi connectivity index (χ2v) is 4.62. The fourth-order valence-electron chi connectivity index (χ4n) is 2.23. The molecule has 2 aromatic carbocycles. The Morgan fingerprint density at radius 1 is 1.00 bits per heavy atom. The van der Waals surface area contributed by atoms with Gasteiger partial charge in [0.2, 0.25) is 0 Å². The molecule has 0 atom stereocenters. The molecule has 3 heteroatoms. The highest BCUT2D eigenvalue weighted by Gasteiger charge is 2.14. The Balaban J connectivity index is 2.12. The first-order valence-corrected chi connectivity index (χ1v) is 6.45. The fraction of sp³-hybridized carbons (Fsp3) is 0.0588. The number of imidazole rings is 1. The van der Waals surface area contributed by atoms with E-state index in [1.165, 1.54) is 0 Å². The lowest BCUT2D eigenvalue weighted by Gasteiger charge is -2.11. The number of aryl methyl sites for hydroxylation is 1. The molecule has 1 aromatic heterocycles. The van der Waals surface area contributed by atoms with Crippen LogP contribution in [0.25, 0.3) is 5.69 Å². The molecular weight excluding hydrogens is 248 g/mol. The fourth-order valence-corrected chi connectivity index (χ4v) is 2.23. The summed E-state index contributed by atoms with van der Waals surface area (Å²) in [5.74, 6) is 0.0225. The Labute approximate surface area is 117 Å². The van der Waals surface area contributed by atoms with Gasteiger partial charge < -0.3 is 4.57 Å². The van der Waals surface area contributed by atoms with Crippen LogP contribution in [0, 0.1) is 6.92 Å². The Morgan fingerprint density at radius 2 is 1.70 bits per heavy atom. The first-order valence-electron chi connectivity index (χ1n) is 6.45. The average molecular weight is 262 g/mol. The molecule has 0 aliphatic heterocycles. The number of aromatic nitrogens is 2. The monoisotopic (exact) mass is 262 g/mol. The van der Waals surface area contributed by atoms with E-state index in [2.05, 4.69) is 4.98 Å². The van der Waals surface area contributed by atoms with E-state index in [0.717, 1.165) is 11.4 Å². The third-order valence-corrected chi connectivity index (χ3v) is 3.27. The van der Waals surface area contributed by atoms with Gasteiger partial charge >= 0.3 is 0 Å². The molecule has 0 unspecified atom stereocenters. The van der Waals surface area contributed by atoms with Crippen LogP contribution in [0.5, 0.6) is 0 Å². The number of hydrogen-bond donors (Lipinski definition) is 0. The summed E-state index contributed by atoms with van der Waals surface area (Å²) in [7, 11) is 0. The molecule has 0 amide bonds. The molecule has 3 aromatic rings. The molecule has 0 radical (unpaired) electrons. The summed E-state index contributed by atoms with van der Waals surface area (Å²) >= 11 is 0. The van der Waals surface area contributed by atoms with Gasteiger partial charge in [0.1, 0.15) is 0 Å². The second-order valence-electron chi connectivity index (χ2n) is 4.62. The van der Waals surface area contributed by atoms with Crippen LogP contribution in [0.4, 0.5) is 0 Å². The maximum Gasteiger partial charge on any atom is 0.195 e. The van der Waals surface area contributed by atoms with E-state index in [1.807, 2.05) is 66.1 Å². The quantitative estimate of drug-likeness (QED) is 0.678. The van der Waals surface area contributed by atoms with Crippen molar-refractivity contribution in [2.24, 2.45) is 0 Å². The topological polar surface area (TPSA) is 34.9 Å². The highest BCUT2D eigenvalue weighted by Crippen LogP contribution is 2.19. The van der Waals surface area contributed by atoms with E-state index in [1.54, 1.807) is 12.5 Å². The number of carbonyl (C=O) groups is 1. The summed E-state index contributed by atoms with van der Waals surface area (Å²) < 4.78 is 1.93. The number of ketones is 1. The van der Waals surface area contributed by atoms with Crippen molar-refractivity contribution in [2.45, 2.75) is 6.92 Å². The van der Waals surface area contributed by atoms with E-state index >= 15 is 0 Å². The lowest BCUT2D eigenvalue weighted by Crippen LogP contribution is -2.07. The standard InChI is InChI=1S/C17H14N2O/c1-13-11-18-12-19(13)16-10-6-5-9-15(16)17(20)14-7-3-2-4-8-14/h2-12H,1H3. The molecule has 3 nitrogen and oxygen atoms in total. The summed E-state index contributed by atoms with van der Waals surface area (Å²) in [4.78, 5) is 16.8. The van der Waals surface area contributed by atoms with Crippen LogP contribution in [0.1, 0.15) is 21.6 Å². The molecule has 0 fully saturated rings. The summed E-state index contributed by atoms with van der Waals surface area (Å²) in [6, 6.07) is 16.9. The maximum atomic E-state index is 12.6. The molecule has 0 saturated heterocycles. The lowest BCUT2D eigenvalue weighted by molar-refractivity contribution is 0.103. The minimum Gasteiger partial charge on any atom is -0.303 e. The summed E-state index contributed by atoms with van der Waals surface area (Å²) in [5.41, 5.74) is 3.23. The van der Waals surface area contributed by atoms with Gasteiger partial charge in [-0.15, -0.1) is 0 Å². The van der Waals surface area contributed by atoms with Crippen molar-refractivity contribution in [3.8, 4) is 5.69 Å². The van der Waals surface area contributed by atoms with Crippen molar-refractivity contribution in [2.75, 3.05) is 0 Å². The first kappa shape index (κ1) is 12.4. The zero-order valence-electron chi connectivity index (χ0n) is 11.2. The van der Waals surface area contributed by atoms with E-state index in [4.69, 9.17) is 0 Å². The van der Waals surface area contributed by atoms with Crippen molar-refractivity contribution in [3.63, 3.8) is 0 Å². The predicted molar refractivity (Wildman–Crippen MR) is 78.2 cm³/mol. The third kappa shape index (κ3) is 2.14. The number of benzene rings is 2. The van der Waals surface area contributed by atoms with Crippen LogP contribution in [0.15, 0.2) is 67.1 Å². The van der Waals surface area contributed by atoms with E-state index in [0.29, 0.717) is 11.1 Å². The Kier molecular flexibility index (Phi) is 3.17. The van der Waals surface area contributed by atoms with Gasteiger partial charge in [-0.05, 0) is 19.1 Å². The number of para-hydroxylation sites is 1. The van der Waals surface area contributed by atoms with E-state index in [-0.39, 0.29) is 5.78 Å². The molecule has 0 bridgehead atoms. The van der Waals surface area contributed by atoms with Gasteiger partial charge in [-0.3, -0.25) is 4.79 Å². The Hall–Kier alpha value is -2.68. The van der Waals surface area contributed by atoms with Crippen molar-refractivity contribution >= 4 is 5.78 Å². The highest BCUT2D eigenvalue weighted by molar-refractivity contribution is 6.11. The number of rotatable bonds is 3. The van der Waals surface area contributed by atoms with Crippen LogP contribution >= 0.6 is 0 Å². The highest BCUT2D eigenvalue weighted by atomic mass is 16.1. The normalized spacial score (nSPS) is 10.4. The summed E-state index contributed by atoms with van der Waals surface area (Å²) in [6.45, 7) is 1.97. The van der Waals surface area contributed by atoms with E-state index < -0.39 is 0 Å². The molecular formula is C17H14N2O. The molecule has 0 aliphatic carbocycles. The molecule has 0 spiro atoms. The minimum atomic E-state index is 0.0225. The second kappa shape index (κ2) is 5.13. The summed E-state index contributed by atoms with van der Waals surface area (Å²) in [5, 5.41) is 0. The van der Waals surface area contributed by atoms with Gasteiger partial charge in [0, 0.05) is 23.0 Å². The van der Waals surface area contributed by atoms with E-state index in [9.17, 15) is 4.79 Å². The van der Waals surface area contributed by atoms with Crippen LogP contribution in [-0.4, -0.2) is 15.3 Å². The van der Waals surface area contributed by atoms with Crippen LogP contribution in [0.2, 0.25) is 0 Å². The maximum absolute atomic E-state index is 12.6. The summed E-state index contributed by atoms with van der Waals surface area (Å²) in [6.07, 6.45) is 3.51. The van der Waals surface area contributed by atoms with Gasteiger partial charge in [-0.1, -0.05) is 42.5 Å².